The van der Waals surface area contributed by atoms with Gasteiger partial charge in [-0.25, -0.2) is 18.4 Å². The van der Waals surface area contributed by atoms with E-state index in [2.05, 4.69) is 4.90 Å². The van der Waals surface area contributed by atoms with Gasteiger partial charge in [0.2, 0.25) is 0 Å². The van der Waals surface area contributed by atoms with Crippen LogP contribution in [0.4, 0.5) is 8.78 Å². The normalized spacial score (nSPS) is 18.8. The number of carboxylic acid groups (broad SMARTS) is 2. The summed E-state index contributed by atoms with van der Waals surface area (Å²) < 4.78 is 27.3. The van der Waals surface area contributed by atoms with Crippen molar-refractivity contribution >= 4 is 18.2 Å². The maximum atomic E-state index is 14.1. The molecule has 0 radical (unpaired) electrons. The molecule has 1 fully saturated rings. The molecule has 2 unspecified atom stereocenters. The van der Waals surface area contributed by atoms with Crippen LogP contribution in [0.2, 0.25) is 0 Å². The Balaban J connectivity index is 0.000000409. The van der Waals surface area contributed by atoms with Crippen LogP contribution in [0.5, 0.6) is 0 Å². The smallest absolute Gasteiger partial charge is 0.414 e. The number of halogens is 2. The highest BCUT2D eigenvalue weighted by Gasteiger charge is 2.36. The molecule has 0 spiro atoms. The molecule has 0 saturated carbocycles. The Hall–Kier alpha value is -3.13. The van der Waals surface area contributed by atoms with Gasteiger partial charge in [-0.3, -0.25) is 4.90 Å². The summed E-state index contributed by atoms with van der Waals surface area (Å²) in [7, 11) is 0. The predicted molar refractivity (Wildman–Crippen MR) is 95.4 cm³/mol. The lowest BCUT2D eigenvalue weighted by molar-refractivity contribution is -0.159. The minimum atomic E-state index is -1.82. The zero-order valence-electron chi connectivity index (χ0n) is 14.8. The number of nitrogens with zero attached hydrogens (tertiary/aromatic N) is 1. The van der Waals surface area contributed by atoms with Crippen molar-refractivity contribution in [2.45, 2.75) is 19.0 Å². The van der Waals surface area contributed by atoms with Gasteiger partial charge in [0.15, 0.2) is 0 Å². The molecule has 6 nitrogen and oxygen atoms in total. The number of carbonyl (C=O) groups excluding carboxylic acids is 1. The van der Waals surface area contributed by atoms with Crippen LogP contribution in [-0.2, 0) is 20.9 Å². The Labute approximate surface area is 160 Å². The molecule has 0 bridgehead atoms. The molecule has 8 heteroatoms. The number of aldehydes is 1. The van der Waals surface area contributed by atoms with E-state index in [9.17, 15) is 13.6 Å². The third-order valence-corrected chi connectivity index (χ3v) is 4.42. The molecule has 1 heterocycles. The van der Waals surface area contributed by atoms with Crippen LogP contribution in [0.25, 0.3) is 0 Å². The highest BCUT2D eigenvalue weighted by Crippen LogP contribution is 2.38. The molecule has 3 rings (SSSR count). The number of hydrogen-bond donors (Lipinski definition) is 2. The van der Waals surface area contributed by atoms with Crippen molar-refractivity contribution in [2.24, 2.45) is 5.92 Å². The minimum absolute atomic E-state index is 0.260. The number of hydrogen-bond acceptors (Lipinski definition) is 4. The van der Waals surface area contributed by atoms with Crippen molar-refractivity contribution in [3.8, 4) is 0 Å². The maximum Gasteiger partial charge on any atom is 0.414 e. The fraction of sp³-hybridized carbons (Fsp3) is 0.250. The van der Waals surface area contributed by atoms with Crippen LogP contribution in [0, 0.1) is 17.6 Å². The lowest BCUT2D eigenvalue weighted by Crippen LogP contribution is -2.26. The van der Waals surface area contributed by atoms with Crippen LogP contribution in [0.15, 0.2) is 48.5 Å². The van der Waals surface area contributed by atoms with Gasteiger partial charge in [-0.2, -0.15) is 0 Å². The average molecular weight is 391 g/mol. The minimum Gasteiger partial charge on any atom is -0.473 e. The lowest BCUT2D eigenvalue weighted by Gasteiger charge is -2.27. The van der Waals surface area contributed by atoms with Crippen molar-refractivity contribution < 1.29 is 33.4 Å². The second-order valence-electron chi connectivity index (χ2n) is 6.27. The molecule has 1 aliphatic heterocycles. The Kier molecular flexibility index (Phi) is 7.34. The van der Waals surface area contributed by atoms with E-state index >= 15 is 0 Å². The summed E-state index contributed by atoms with van der Waals surface area (Å²) in [5.74, 6) is -5.10. The average Bonchev–Trinajstić information content (AvgIpc) is 3.05. The number of aliphatic carboxylic acids is 2. The van der Waals surface area contributed by atoms with Crippen LogP contribution in [-0.4, -0.2) is 39.9 Å². The SMILES string of the molecule is O=C(O)C(=O)O.O=CC1CCN(Cc2ccccc2)C1c1ccc(F)cc1F. The van der Waals surface area contributed by atoms with Crippen molar-refractivity contribution in [3.63, 3.8) is 0 Å². The van der Waals surface area contributed by atoms with Gasteiger partial charge in [-0.1, -0.05) is 36.4 Å². The van der Waals surface area contributed by atoms with Crippen LogP contribution in [0.3, 0.4) is 0 Å². The number of carbonyl (C=O) groups is 3. The largest absolute Gasteiger partial charge is 0.473 e. The van der Waals surface area contributed by atoms with Gasteiger partial charge < -0.3 is 15.0 Å². The first-order valence-corrected chi connectivity index (χ1v) is 8.48. The maximum absolute atomic E-state index is 14.1. The first-order chi connectivity index (χ1) is 13.3. The summed E-state index contributed by atoms with van der Waals surface area (Å²) in [6.07, 6.45) is 1.58. The molecular weight excluding hydrogens is 372 g/mol. The molecule has 1 aliphatic rings. The fourth-order valence-corrected chi connectivity index (χ4v) is 3.19. The summed E-state index contributed by atoms with van der Waals surface area (Å²) in [4.78, 5) is 31.6. The molecular formula is C20H19F2NO5. The molecule has 0 aliphatic carbocycles. The van der Waals surface area contributed by atoms with E-state index in [0.29, 0.717) is 18.5 Å². The van der Waals surface area contributed by atoms with Crippen molar-refractivity contribution in [1.82, 2.24) is 4.90 Å². The third kappa shape index (κ3) is 5.43. The van der Waals surface area contributed by atoms with Gasteiger partial charge in [0.05, 0.1) is 0 Å². The summed E-state index contributed by atoms with van der Waals surface area (Å²) in [6, 6.07) is 13.1. The highest BCUT2D eigenvalue weighted by atomic mass is 19.1. The third-order valence-electron chi connectivity index (χ3n) is 4.42. The van der Waals surface area contributed by atoms with E-state index in [-0.39, 0.29) is 12.0 Å². The fourth-order valence-electron chi connectivity index (χ4n) is 3.19. The zero-order valence-corrected chi connectivity index (χ0v) is 14.8. The molecule has 2 aromatic rings. The molecule has 148 valence electrons. The number of rotatable bonds is 4. The first-order valence-electron chi connectivity index (χ1n) is 8.48. The van der Waals surface area contributed by atoms with Crippen LogP contribution >= 0.6 is 0 Å². The lowest BCUT2D eigenvalue weighted by atomic mass is 9.94. The number of benzene rings is 2. The van der Waals surface area contributed by atoms with Crippen molar-refractivity contribution in [3.05, 3.63) is 71.3 Å². The number of carboxylic acids is 2. The van der Waals surface area contributed by atoms with E-state index in [1.165, 1.54) is 12.1 Å². The van der Waals surface area contributed by atoms with Gasteiger partial charge >= 0.3 is 11.9 Å². The van der Waals surface area contributed by atoms with Gasteiger partial charge in [0.1, 0.15) is 17.9 Å². The Morgan fingerprint density at radius 3 is 2.25 bits per heavy atom. The van der Waals surface area contributed by atoms with Crippen molar-refractivity contribution in [1.29, 1.82) is 0 Å². The molecule has 2 N–H and O–H groups in total. The first kappa shape index (κ1) is 21.2. The van der Waals surface area contributed by atoms with Crippen molar-refractivity contribution in [2.75, 3.05) is 6.54 Å². The van der Waals surface area contributed by atoms with E-state index in [0.717, 1.165) is 24.5 Å². The van der Waals surface area contributed by atoms with Crippen LogP contribution < -0.4 is 0 Å². The Morgan fingerprint density at radius 2 is 1.71 bits per heavy atom. The van der Waals surface area contributed by atoms with Gasteiger partial charge in [-0.15, -0.1) is 0 Å². The van der Waals surface area contributed by atoms with E-state index < -0.39 is 23.6 Å². The second-order valence-corrected chi connectivity index (χ2v) is 6.27. The topological polar surface area (TPSA) is 94.9 Å². The van der Waals surface area contributed by atoms with Crippen LogP contribution in [0.1, 0.15) is 23.6 Å². The second kappa shape index (κ2) is 9.70. The van der Waals surface area contributed by atoms with E-state index in [4.69, 9.17) is 19.8 Å². The molecule has 2 atom stereocenters. The summed E-state index contributed by atoms with van der Waals surface area (Å²) in [6.45, 7) is 1.37. The molecule has 28 heavy (non-hydrogen) atoms. The summed E-state index contributed by atoms with van der Waals surface area (Å²) in [5, 5.41) is 14.8. The summed E-state index contributed by atoms with van der Waals surface area (Å²) >= 11 is 0. The molecule has 2 aromatic carbocycles. The molecule has 1 saturated heterocycles. The Bertz CT molecular complexity index is 832. The zero-order chi connectivity index (χ0) is 20.7. The predicted octanol–water partition coefficient (Wildman–Crippen LogP) is 2.88. The van der Waals surface area contributed by atoms with E-state index in [1.54, 1.807) is 0 Å². The monoisotopic (exact) mass is 391 g/mol. The molecule has 0 amide bonds. The van der Waals surface area contributed by atoms with Gasteiger partial charge in [-0.05, 0) is 24.6 Å². The van der Waals surface area contributed by atoms with E-state index in [1.807, 2.05) is 30.3 Å². The quantitative estimate of drug-likeness (QED) is 0.615. The Morgan fingerprint density at radius 1 is 1.07 bits per heavy atom. The highest BCUT2D eigenvalue weighted by molar-refractivity contribution is 6.27. The molecule has 0 aromatic heterocycles. The summed E-state index contributed by atoms with van der Waals surface area (Å²) in [5.41, 5.74) is 1.51. The standard InChI is InChI=1S/C18H17F2NO.C2H2O4/c19-15-6-7-16(17(20)10-15)18-14(12-22)8-9-21(18)11-13-4-2-1-3-5-13;3-1(4)2(5)6/h1-7,10,12,14,18H,8-9,11H2;(H,3,4)(H,5,6). The van der Waals surface area contributed by atoms with Gasteiger partial charge in [0, 0.05) is 30.1 Å². The number of likely N-dealkylation sites (tertiary alicyclic amines) is 1. The van der Waals surface area contributed by atoms with Gasteiger partial charge in [0.25, 0.3) is 0 Å².